The van der Waals surface area contributed by atoms with Gasteiger partial charge in [-0.3, -0.25) is 0 Å². The van der Waals surface area contributed by atoms with Gasteiger partial charge in [0.05, 0.1) is 13.2 Å². The van der Waals surface area contributed by atoms with Gasteiger partial charge in [0.25, 0.3) is 0 Å². The van der Waals surface area contributed by atoms with Gasteiger partial charge in [-0.1, -0.05) is 0 Å². The molecule has 0 bridgehead atoms. The van der Waals surface area contributed by atoms with Crippen molar-refractivity contribution in [2.75, 3.05) is 19.8 Å². The standard InChI is InChI=1S/C4H9NO.HI/c1-3-6-4-2-5-1;/h1H,2-5H2;1H/p-1. The van der Waals surface area contributed by atoms with Crippen LogP contribution in [0.5, 0.6) is 0 Å². The lowest BCUT2D eigenvalue weighted by Crippen LogP contribution is -3.00. The first-order valence-electron chi connectivity index (χ1n) is 2.23. The largest absolute Gasteiger partial charge is 1.00 e. The molecule has 1 saturated heterocycles. The molecule has 0 atom stereocenters. The molecule has 0 amide bonds. The van der Waals surface area contributed by atoms with E-state index in [0.717, 1.165) is 19.8 Å². The molecule has 1 fully saturated rings. The molecule has 0 saturated carbocycles. The Bertz CT molecular complexity index is 27.2. The molecule has 1 aliphatic heterocycles. The second-order valence-corrected chi connectivity index (χ2v) is 1.33. The van der Waals surface area contributed by atoms with E-state index in [1.165, 1.54) is 0 Å². The summed E-state index contributed by atoms with van der Waals surface area (Å²) in [5.41, 5.74) is 0. The minimum atomic E-state index is 0. The quantitative estimate of drug-likeness (QED) is 0.321. The lowest BCUT2D eigenvalue weighted by Gasteiger charge is -2.16. The molecule has 3 heteroatoms. The average Bonchev–Trinajstić information content (AvgIpc) is 1.72. The van der Waals surface area contributed by atoms with E-state index >= 15 is 0 Å². The molecule has 0 spiro atoms. The number of nitrogens with two attached hydrogens (primary N) is 1. The van der Waals surface area contributed by atoms with E-state index in [2.05, 4.69) is 5.32 Å². The second-order valence-electron chi connectivity index (χ2n) is 1.33. The summed E-state index contributed by atoms with van der Waals surface area (Å²) in [5.74, 6) is 0. The van der Waals surface area contributed by atoms with E-state index in [9.17, 15) is 0 Å². The van der Waals surface area contributed by atoms with Crippen molar-refractivity contribution >= 4 is 0 Å². The van der Waals surface area contributed by atoms with Gasteiger partial charge in [-0.2, -0.15) is 0 Å². The molecule has 0 unspecified atom stereocenters. The van der Waals surface area contributed by atoms with Crippen LogP contribution < -0.4 is 29.3 Å². The molecule has 1 rings (SSSR count). The summed E-state index contributed by atoms with van der Waals surface area (Å²) < 4.78 is 4.98. The van der Waals surface area contributed by atoms with Crippen LogP contribution in [0.3, 0.4) is 0 Å². The average molecular weight is 214 g/mol. The Morgan fingerprint density at radius 3 is 2.57 bits per heavy atom. The van der Waals surface area contributed by atoms with Crippen LogP contribution in [0.15, 0.2) is 0 Å². The monoisotopic (exact) mass is 214 g/mol. The van der Waals surface area contributed by atoms with E-state index in [1.54, 1.807) is 0 Å². The van der Waals surface area contributed by atoms with E-state index in [1.807, 2.05) is 6.54 Å². The van der Waals surface area contributed by atoms with Crippen molar-refractivity contribution in [3.05, 3.63) is 6.54 Å². The topological polar surface area (TPSA) is 25.8 Å². The van der Waals surface area contributed by atoms with Crippen LogP contribution in [0, 0.1) is 6.54 Å². The fourth-order valence-corrected chi connectivity index (χ4v) is 0.489. The van der Waals surface area contributed by atoms with Crippen LogP contribution in [0.1, 0.15) is 0 Å². The predicted molar refractivity (Wildman–Crippen MR) is 21.9 cm³/mol. The first kappa shape index (κ1) is 7.65. The molecule has 2 nitrogen and oxygen atoms in total. The van der Waals surface area contributed by atoms with Gasteiger partial charge in [0.1, 0.15) is 0 Å². The van der Waals surface area contributed by atoms with Crippen molar-refractivity contribution in [3.63, 3.8) is 0 Å². The molecule has 0 aromatic carbocycles. The third-order valence-corrected chi connectivity index (χ3v) is 0.810. The molecule has 0 aromatic heterocycles. The minimum absolute atomic E-state index is 0. The van der Waals surface area contributed by atoms with Crippen molar-refractivity contribution in [2.24, 2.45) is 0 Å². The Morgan fingerprint density at radius 2 is 2.43 bits per heavy atom. The third-order valence-electron chi connectivity index (χ3n) is 0.810. The number of hydrogen-bond acceptors (Lipinski definition) is 1. The van der Waals surface area contributed by atoms with Crippen molar-refractivity contribution in [1.29, 1.82) is 0 Å². The third kappa shape index (κ3) is 3.25. The van der Waals surface area contributed by atoms with Crippen LogP contribution in [-0.4, -0.2) is 19.8 Å². The number of halogens is 1. The maximum absolute atomic E-state index is 4.98. The Hall–Kier alpha value is 0.650. The molecule has 0 aliphatic carbocycles. The Labute approximate surface area is 60.6 Å². The summed E-state index contributed by atoms with van der Waals surface area (Å²) in [6.07, 6.45) is 0. The van der Waals surface area contributed by atoms with Crippen LogP contribution in [0.25, 0.3) is 0 Å². The molecular formula is C4H9INO-. The Kier molecular flexibility index (Phi) is 5.25. The van der Waals surface area contributed by atoms with Gasteiger partial charge in [-0.25, -0.2) is 0 Å². The van der Waals surface area contributed by atoms with Gasteiger partial charge in [0.15, 0.2) is 0 Å². The highest BCUT2D eigenvalue weighted by Gasteiger charge is 1.88. The number of quaternary nitrogens is 1. The molecule has 0 radical (unpaired) electrons. The van der Waals surface area contributed by atoms with Crippen LogP contribution in [0.4, 0.5) is 0 Å². The van der Waals surface area contributed by atoms with Gasteiger partial charge in [0, 0.05) is 0 Å². The highest BCUT2D eigenvalue weighted by molar-refractivity contribution is 4.44. The van der Waals surface area contributed by atoms with Gasteiger partial charge < -0.3 is 34.0 Å². The fraction of sp³-hybridized carbons (Fsp3) is 0.750. The SMILES string of the molecule is [CH-]1COCC[NH2+]1.[I-]. The zero-order valence-corrected chi connectivity index (χ0v) is 6.22. The van der Waals surface area contributed by atoms with Crippen molar-refractivity contribution in [2.45, 2.75) is 0 Å². The molecule has 1 aliphatic rings. The molecular weight excluding hydrogens is 205 g/mol. The zero-order chi connectivity index (χ0) is 4.24. The van der Waals surface area contributed by atoms with Gasteiger partial charge in [-0.15, -0.1) is 6.54 Å². The first-order chi connectivity index (χ1) is 3.00. The highest BCUT2D eigenvalue weighted by Crippen LogP contribution is 1.73. The number of rotatable bonds is 0. The normalized spacial score (nSPS) is 20.6. The van der Waals surface area contributed by atoms with E-state index in [-0.39, 0.29) is 24.0 Å². The van der Waals surface area contributed by atoms with E-state index < -0.39 is 0 Å². The highest BCUT2D eigenvalue weighted by atomic mass is 127. The molecule has 1 heterocycles. The second kappa shape index (κ2) is 4.80. The lowest BCUT2D eigenvalue weighted by atomic mass is 10.5. The first-order valence-corrected chi connectivity index (χ1v) is 2.23. The molecule has 44 valence electrons. The van der Waals surface area contributed by atoms with E-state index in [0.29, 0.717) is 0 Å². The van der Waals surface area contributed by atoms with E-state index in [4.69, 9.17) is 4.74 Å². The molecule has 2 N–H and O–H groups in total. The summed E-state index contributed by atoms with van der Waals surface area (Å²) in [6.45, 7) is 4.88. The predicted octanol–water partition coefficient (Wildman–Crippen LogP) is -4.25. The number of morpholine rings is 1. The van der Waals surface area contributed by atoms with Crippen LogP contribution in [0.2, 0.25) is 0 Å². The van der Waals surface area contributed by atoms with Crippen molar-refractivity contribution < 1.29 is 34.0 Å². The fourth-order valence-electron chi connectivity index (χ4n) is 0.489. The van der Waals surface area contributed by atoms with Crippen LogP contribution >= 0.6 is 0 Å². The van der Waals surface area contributed by atoms with Gasteiger partial charge in [-0.05, 0) is 6.61 Å². The Balaban J connectivity index is 0.000000360. The summed E-state index contributed by atoms with van der Waals surface area (Å²) >= 11 is 0. The zero-order valence-electron chi connectivity index (χ0n) is 4.06. The number of hydrogen-bond donors (Lipinski definition) is 1. The summed E-state index contributed by atoms with van der Waals surface area (Å²) in [5, 5.41) is 2.14. The smallest absolute Gasteiger partial charge is 0.0901 e. The minimum Gasteiger partial charge on any atom is -1.00 e. The summed E-state index contributed by atoms with van der Waals surface area (Å²) in [7, 11) is 0. The number of ether oxygens (including phenoxy) is 1. The lowest BCUT2D eigenvalue weighted by molar-refractivity contribution is -0.632. The Morgan fingerprint density at radius 1 is 1.57 bits per heavy atom. The van der Waals surface area contributed by atoms with Crippen molar-refractivity contribution in [1.82, 2.24) is 0 Å². The summed E-state index contributed by atoms with van der Waals surface area (Å²) in [6, 6.07) is 0. The maximum atomic E-state index is 4.98. The van der Waals surface area contributed by atoms with Gasteiger partial charge in [0.2, 0.25) is 0 Å². The van der Waals surface area contributed by atoms with Crippen molar-refractivity contribution in [3.8, 4) is 0 Å². The molecule has 0 aromatic rings. The molecule has 7 heavy (non-hydrogen) atoms. The summed E-state index contributed by atoms with van der Waals surface area (Å²) in [4.78, 5) is 0. The van der Waals surface area contributed by atoms with Gasteiger partial charge >= 0.3 is 0 Å². The van der Waals surface area contributed by atoms with Crippen LogP contribution in [-0.2, 0) is 4.74 Å². The maximum Gasteiger partial charge on any atom is 0.0901 e.